The van der Waals surface area contributed by atoms with E-state index in [9.17, 15) is 4.79 Å². The third kappa shape index (κ3) is 3.72. The van der Waals surface area contributed by atoms with Gasteiger partial charge in [-0.15, -0.1) is 0 Å². The molecule has 0 fully saturated rings. The first-order valence-electron chi connectivity index (χ1n) is 6.89. The molecule has 0 radical (unpaired) electrons. The Bertz CT molecular complexity index is 613. The topological polar surface area (TPSA) is 71.2 Å². The van der Waals surface area contributed by atoms with Gasteiger partial charge in [-0.3, -0.25) is 9.78 Å². The lowest BCUT2D eigenvalue weighted by Gasteiger charge is -2.22. The van der Waals surface area contributed by atoms with E-state index in [1.54, 1.807) is 24.5 Å². The van der Waals surface area contributed by atoms with Crippen LogP contribution in [0.1, 0.15) is 22.8 Å². The van der Waals surface area contributed by atoms with Gasteiger partial charge in [0.1, 0.15) is 0 Å². The minimum Gasteiger partial charge on any atom is -0.397 e. The molecule has 5 heteroatoms. The van der Waals surface area contributed by atoms with E-state index in [1.807, 2.05) is 37.1 Å². The van der Waals surface area contributed by atoms with E-state index in [-0.39, 0.29) is 5.91 Å². The molecule has 2 rings (SSSR count). The van der Waals surface area contributed by atoms with Crippen LogP contribution in [0, 0.1) is 0 Å². The van der Waals surface area contributed by atoms with E-state index < -0.39 is 0 Å². The third-order valence-electron chi connectivity index (χ3n) is 3.21. The summed E-state index contributed by atoms with van der Waals surface area (Å²) < 4.78 is 0. The zero-order valence-electron chi connectivity index (χ0n) is 12.3. The Labute approximate surface area is 124 Å². The molecule has 1 amide bonds. The van der Waals surface area contributed by atoms with Crippen LogP contribution in [0.3, 0.4) is 0 Å². The maximum absolute atomic E-state index is 11.9. The molecule has 0 unspecified atom stereocenters. The fourth-order valence-corrected chi connectivity index (χ4v) is 2.13. The van der Waals surface area contributed by atoms with Crippen molar-refractivity contribution in [2.24, 2.45) is 0 Å². The van der Waals surface area contributed by atoms with Gasteiger partial charge in [-0.2, -0.15) is 0 Å². The van der Waals surface area contributed by atoms with Crippen LogP contribution in [0.15, 0.2) is 42.7 Å². The lowest BCUT2D eigenvalue weighted by atomic mass is 10.1. The maximum Gasteiger partial charge on any atom is 0.251 e. The summed E-state index contributed by atoms with van der Waals surface area (Å²) in [5.74, 6) is -0.0870. The average molecular weight is 284 g/mol. The number of benzene rings is 1. The van der Waals surface area contributed by atoms with Crippen molar-refractivity contribution in [2.45, 2.75) is 13.5 Å². The molecule has 0 saturated carbocycles. The van der Waals surface area contributed by atoms with Crippen LogP contribution >= 0.6 is 0 Å². The second kappa shape index (κ2) is 6.74. The molecule has 110 valence electrons. The Balaban J connectivity index is 2.21. The zero-order chi connectivity index (χ0) is 15.2. The Morgan fingerprint density at radius 1 is 1.29 bits per heavy atom. The number of nitrogens with one attached hydrogen (secondary N) is 1. The number of aromatic nitrogens is 1. The quantitative estimate of drug-likeness (QED) is 0.824. The van der Waals surface area contributed by atoms with Crippen LogP contribution < -0.4 is 16.0 Å². The number of rotatable bonds is 5. The van der Waals surface area contributed by atoms with Crippen molar-refractivity contribution < 1.29 is 4.79 Å². The summed E-state index contributed by atoms with van der Waals surface area (Å²) in [6.07, 6.45) is 3.52. The number of pyridine rings is 1. The molecule has 1 aromatic carbocycles. The summed E-state index contributed by atoms with van der Waals surface area (Å²) in [4.78, 5) is 17.9. The molecule has 1 heterocycles. The molecular weight excluding hydrogens is 264 g/mol. The van der Waals surface area contributed by atoms with Gasteiger partial charge in [0.2, 0.25) is 0 Å². The number of hydrogen-bond donors (Lipinski definition) is 2. The first-order valence-corrected chi connectivity index (χ1v) is 6.89. The molecule has 0 spiro atoms. The molecule has 1 aromatic heterocycles. The highest BCUT2D eigenvalue weighted by Crippen LogP contribution is 2.25. The zero-order valence-corrected chi connectivity index (χ0v) is 12.3. The van der Waals surface area contributed by atoms with Gasteiger partial charge in [0.15, 0.2) is 0 Å². The van der Waals surface area contributed by atoms with Crippen LogP contribution in [0.25, 0.3) is 0 Å². The molecule has 0 aliphatic rings. The first-order chi connectivity index (χ1) is 10.1. The van der Waals surface area contributed by atoms with Gasteiger partial charge in [0.05, 0.1) is 11.4 Å². The number of anilines is 2. The van der Waals surface area contributed by atoms with Gasteiger partial charge >= 0.3 is 0 Å². The molecule has 0 atom stereocenters. The fraction of sp³-hybridized carbons (Fsp3) is 0.250. The fourth-order valence-electron chi connectivity index (χ4n) is 2.13. The summed E-state index contributed by atoms with van der Waals surface area (Å²) in [6, 6.07) is 9.25. The predicted molar refractivity (Wildman–Crippen MR) is 85.2 cm³/mol. The van der Waals surface area contributed by atoms with Crippen molar-refractivity contribution >= 4 is 17.3 Å². The van der Waals surface area contributed by atoms with Crippen LogP contribution in [-0.2, 0) is 6.54 Å². The highest BCUT2D eigenvalue weighted by atomic mass is 16.1. The Morgan fingerprint density at radius 3 is 2.67 bits per heavy atom. The van der Waals surface area contributed by atoms with Crippen LogP contribution in [-0.4, -0.2) is 24.5 Å². The van der Waals surface area contributed by atoms with Crippen molar-refractivity contribution in [1.82, 2.24) is 10.3 Å². The normalized spacial score (nSPS) is 10.2. The third-order valence-corrected chi connectivity index (χ3v) is 3.21. The monoisotopic (exact) mass is 284 g/mol. The van der Waals surface area contributed by atoms with Gasteiger partial charge < -0.3 is 16.0 Å². The minimum absolute atomic E-state index is 0.0870. The minimum atomic E-state index is -0.0870. The smallest absolute Gasteiger partial charge is 0.251 e. The number of nitrogens with zero attached hydrogens (tertiary/aromatic N) is 2. The Hall–Kier alpha value is -2.56. The lowest BCUT2D eigenvalue weighted by molar-refractivity contribution is 0.0956. The second-order valence-corrected chi connectivity index (χ2v) is 4.84. The van der Waals surface area contributed by atoms with Crippen LogP contribution in [0.2, 0.25) is 0 Å². The SMILES string of the molecule is CCNC(=O)c1ccc(N)c(N(C)Cc2ccncc2)c1. The number of carbonyl (C=O) groups excluding carboxylic acids is 1. The summed E-state index contributed by atoms with van der Waals surface area (Å²) in [5.41, 5.74) is 9.28. The Kier molecular flexibility index (Phi) is 4.77. The summed E-state index contributed by atoms with van der Waals surface area (Å²) >= 11 is 0. The van der Waals surface area contributed by atoms with Gasteiger partial charge in [-0.1, -0.05) is 0 Å². The van der Waals surface area contributed by atoms with E-state index in [2.05, 4.69) is 10.3 Å². The van der Waals surface area contributed by atoms with Crippen molar-refractivity contribution in [3.05, 3.63) is 53.9 Å². The van der Waals surface area contributed by atoms with E-state index in [0.29, 0.717) is 24.3 Å². The molecule has 2 aromatic rings. The predicted octanol–water partition coefficient (Wildman–Crippen LogP) is 2.05. The van der Waals surface area contributed by atoms with Gasteiger partial charge in [-0.05, 0) is 42.8 Å². The van der Waals surface area contributed by atoms with E-state index in [0.717, 1.165) is 11.3 Å². The van der Waals surface area contributed by atoms with E-state index in [4.69, 9.17) is 5.73 Å². The average Bonchev–Trinajstić information content (AvgIpc) is 2.48. The molecule has 5 nitrogen and oxygen atoms in total. The van der Waals surface area contributed by atoms with Crippen molar-refractivity contribution in [2.75, 3.05) is 24.2 Å². The number of nitrogen functional groups attached to an aromatic ring is 1. The van der Waals surface area contributed by atoms with Crippen molar-refractivity contribution in [3.8, 4) is 0 Å². The molecule has 0 bridgehead atoms. The molecule has 3 N–H and O–H groups in total. The largest absolute Gasteiger partial charge is 0.397 e. The van der Waals surface area contributed by atoms with Gasteiger partial charge in [0, 0.05) is 38.1 Å². The van der Waals surface area contributed by atoms with Gasteiger partial charge in [0.25, 0.3) is 5.91 Å². The standard InChI is InChI=1S/C16H20N4O/c1-3-19-16(21)13-4-5-14(17)15(10-13)20(2)11-12-6-8-18-9-7-12/h4-10H,3,11,17H2,1-2H3,(H,19,21). The van der Waals surface area contributed by atoms with Crippen LogP contribution in [0.4, 0.5) is 11.4 Å². The molecular formula is C16H20N4O. The van der Waals surface area contributed by atoms with Crippen molar-refractivity contribution in [3.63, 3.8) is 0 Å². The number of nitrogens with two attached hydrogens (primary N) is 1. The highest BCUT2D eigenvalue weighted by Gasteiger charge is 2.11. The van der Waals surface area contributed by atoms with E-state index in [1.165, 1.54) is 0 Å². The first kappa shape index (κ1) is 14.8. The molecule has 0 saturated heterocycles. The summed E-state index contributed by atoms with van der Waals surface area (Å²) in [7, 11) is 1.95. The van der Waals surface area contributed by atoms with Crippen LogP contribution in [0.5, 0.6) is 0 Å². The number of amides is 1. The summed E-state index contributed by atoms with van der Waals surface area (Å²) in [6.45, 7) is 3.20. The van der Waals surface area contributed by atoms with E-state index >= 15 is 0 Å². The lowest BCUT2D eigenvalue weighted by Crippen LogP contribution is -2.24. The number of hydrogen-bond acceptors (Lipinski definition) is 4. The highest BCUT2D eigenvalue weighted by molar-refractivity contribution is 5.96. The summed E-state index contributed by atoms with van der Waals surface area (Å²) in [5, 5.41) is 2.79. The molecule has 0 aliphatic carbocycles. The van der Waals surface area contributed by atoms with Crippen molar-refractivity contribution in [1.29, 1.82) is 0 Å². The number of carbonyl (C=O) groups is 1. The molecule has 21 heavy (non-hydrogen) atoms. The van der Waals surface area contributed by atoms with Gasteiger partial charge in [-0.25, -0.2) is 0 Å². The second-order valence-electron chi connectivity index (χ2n) is 4.84. The Morgan fingerprint density at radius 2 is 2.00 bits per heavy atom. The molecule has 0 aliphatic heterocycles. The maximum atomic E-state index is 11.9.